The van der Waals surface area contributed by atoms with Crippen LogP contribution in [0, 0.1) is 0 Å². The smallest absolute Gasteiger partial charge is 0.199 e. The first-order chi connectivity index (χ1) is 5.33. The Hall–Kier alpha value is -0.0200. The van der Waals surface area contributed by atoms with Crippen molar-refractivity contribution >= 4 is 15.9 Å². The Balaban J connectivity index is 2.24. The third kappa shape index (κ3) is 3.25. The molecule has 0 aromatic carbocycles. The monoisotopic (exact) mass is 220 g/mol. The predicted octanol–water partition coefficient (Wildman–Crippen LogP) is 2.79. The average molecular weight is 221 g/mol. The molecule has 0 bridgehead atoms. The van der Waals surface area contributed by atoms with Crippen LogP contribution >= 0.6 is 15.9 Å². The van der Waals surface area contributed by atoms with E-state index in [2.05, 4.69) is 15.9 Å². The standard InChI is InChI=1S/C8H13BrO2/c1-7(6-9)11-8-4-2-3-5-10-8/h6,8H,2-5H2,1H3. The summed E-state index contributed by atoms with van der Waals surface area (Å²) in [6.07, 6.45) is 3.37. The van der Waals surface area contributed by atoms with E-state index in [1.54, 1.807) is 4.99 Å². The summed E-state index contributed by atoms with van der Waals surface area (Å²) in [5, 5.41) is 0. The van der Waals surface area contributed by atoms with E-state index in [0.29, 0.717) is 0 Å². The molecule has 0 aromatic rings. The largest absolute Gasteiger partial charge is 0.469 e. The zero-order valence-corrected chi connectivity index (χ0v) is 8.26. The number of halogens is 1. The van der Waals surface area contributed by atoms with Gasteiger partial charge >= 0.3 is 0 Å². The molecule has 64 valence electrons. The van der Waals surface area contributed by atoms with Crippen molar-refractivity contribution < 1.29 is 9.47 Å². The van der Waals surface area contributed by atoms with Crippen LogP contribution in [0.5, 0.6) is 0 Å². The van der Waals surface area contributed by atoms with Crippen molar-refractivity contribution in [1.29, 1.82) is 0 Å². The van der Waals surface area contributed by atoms with Gasteiger partial charge in [-0.2, -0.15) is 0 Å². The van der Waals surface area contributed by atoms with Crippen LogP contribution in [0.4, 0.5) is 0 Å². The first kappa shape index (κ1) is 9.07. The highest BCUT2D eigenvalue weighted by atomic mass is 79.9. The summed E-state index contributed by atoms with van der Waals surface area (Å²) in [7, 11) is 0. The Kier molecular flexibility index (Phi) is 3.94. The molecule has 2 nitrogen and oxygen atoms in total. The molecule has 1 atom stereocenters. The van der Waals surface area contributed by atoms with E-state index in [1.807, 2.05) is 6.92 Å². The van der Waals surface area contributed by atoms with Crippen LogP contribution in [0.2, 0.25) is 0 Å². The van der Waals surface area contributed by atoms with Crippen molar-refractivity contribution in [2.75, 3.05) is 6.61 Å². The van der Waals surface area contributed by atoms with Crippen molar-refractivity contribution in [2.24, 2.45) is 0 Å². The quantitative estimate of drug-likeness (QED) is 0.667. The molecule has 1 fully saturated rings. The van der Waals surface area contributed by atoms with Gasteiger partial charge < -0.3 is 9.47 Å². The average Bonchev–Trinajstić information content (AvgIpc) is 2.06. The molecule has 0 saturated carbocycles. The van der Waals surface area contributed by atoms with Gasteiger partial charge in [-0.15, -0.1) is 0 Å². The van der Waals surface area contributed by atoms with Crippen molar-refractivity contribution in [3.8, 4) is 0 Å². The van der Waals surface area contributed by atoms with Crippen LogP contribution in [-0.4, -0.2) is 12.9 Å². The van der Waals surface area contributed by atoms with Crippen LogP contribution in [0.3, 0.4) is 0 Å². The van der Waals surface area contributed by atoms with Gasteiger partial charge in [0.15, 0.2) is 6.29 Å². The van der Waals surface area contributed by atoms with E-state index in [9.17, 15) is 0 Å². The highest BCUT2D eigenvalue weighted by molar-refractivity contribution is 9.11. The van der Waals surface area contributed by atoms with Crippen molar-refractivity contribution in [3.05, 3.63) is 10.7 Å². The van der Waals surface area contributed by atoms with Gasteiger partial charge in [-0.25, -0.2) is 0 Å². The molecule has 1 rings (SSSR count). The third-order valence-corrected chi connectivity index (χ3v) is 2.25. The molecule has 0 amide bonds. The Bertz CT molecular complexity index is 139. The summed E-state index contributed by atoms with van der Waals surface area (Å²) in [4.78, 5) is 1.77. The maximum Gasteiger partial charge on any atom is 0.199 e. The summed E-state index contributed by atoms with van der Waals surface area (Å²) < 4.78 is 10.8. The highest BCUT2D eigenvalue weighted by Crippen LogP contribution is 2.16. The van der Waals surface area contributed by atoms with Gasteiger partial charge in [-0.3, -0.25) is 0 Å². The lowest BCUT2D eigenvalue weighted by molar-refractivity contribution is -0.138. The second-order valence-electron chi connectivity index (χ2n) is 2.63. The summed E-state index contributed by atoms with van der Waals surface area (Å²) >= 11 is 3.20. The molecule has 1 aliphatic rings. The Morgan fingerprint density at radius 1 is 1.64 bits per heavy atom. The van der Waals surface area contributed by atoms with E-state index in [4.69, 9.17) is 9.47 Å². The topological polar surface area (TPSA) is 18.5 Å². The number of hydrogen-bond donors (Lipinski definition) is 0. The van der Waals surface area contributed by atoms with Gasteiger partial charge in [0.05, 0.1) is 6.61 Å². The van der Waals surface area contributed by atoms with E-state index < -0.39 is 0 Å². The molecular formula is C8H13BrO2. The van der Waals surface area contributed by atoms with Gasteiger partial charge in [0.25, 0.3) is 0 Å². The summed E-state index contributed by atoms with van der Waals surface area (Å²) in [6.45, 7) is 2.74. The molecule has 0 aromatic heterocycles. The third-order valence-electron chi connectivity index (χ3n) is 1.61. The fourth-order valence-electron chi connectivity index (χ4n) is 1.04. The minimum absolute atomic E-state index is 0.0162. The normalized spacial score (nSPS) is 26.7. The first-order valence-corrected chi connectivity index (χ1v) is 4.80. The molecule has 0 radical (unpaired) electrons. The van der Waals surface area contributed by atoms with Crippen molar-refractivity contribution in [1.82, 2.24) is 0 Å². The Morgan fingerprint density at radius 3 is 3.00 bits per heavy atom. The minimum Gasteiger partial charge on any atom is -0.469 e. The number of ether oxygens (including phenoxy) is 2. The van der Waals surface area contributed by atoms with Crippen LogP contribution in [0.1, 0.15) is 26.2 Å². The maximum absolute atomic E-state index is 5.43. The molecule has 3 heteroatoms. The lowest BCUT2D eigenvalue weighted by atomic mass is 10.2. The fourth-order valence-corrected chi connectivity index (χ4v) is 1.15. The zero-order chi connectivity index (χ0) is 8.10. The van der Waals surface area contributed by atoms with Gasteiger partial charge in [0, 0.05) is 11.4 Å². The first-order valence-electron chi connectivity index (χ1n) is 3.88. The molecule has 1 saturated heterocycles. The lowest BCUT2D eigenvalue weighted by Crippen LogP contribution is -2.21. The van der Waals surface area contributed by atoms with Gasteiger partial charge in [0.2, 0.25) is 0 Å². The molecule has 0 N–H and O–H groups in total. The van der Waals surface area contributed by atoms with Crippen LogP contribution in [0.15, 0.2) is 10.7 Å². The van der Waals surface area contributed by atoms with Gasteiger partial charge in [-0.05, 0) is 19.8 Å². The number of allylic oxidation sites excluding steroid dienone is 1. The zero-order valence-electron chi connectivity index (χ0n) is 6.68. The Morgan fingerprint density at radius 2 is 2.45 bits per heavy atom. The van der Waals surface area contributed by atoms with Crippen molar-refractivity contribution in [2.45, 2.75) is 32.5 Å². The predicted molar refractivity (Wildman–Crippen MR) is 47.4 cm³/mol. The van der Waals surface area contributed by atoms with Gasteiger partial charge in [-0.1, -0.05) is 15.9 Å². The summed E-state index contributed by atoms with van der Waals surface area (Å²) in [5.41, 5.74) is 0. The molecule has 0 spiro atoms. The van der Waals surface area contributed by atoms with Crippen molar-refractivity contribution in [3.63, 3.8) is 0 Å². The lowest BCUT2D eigenvalue weighted by Gasteiger charge is -2.23. The van der Waals surface area contributed by atoms with E-state index in [0.717, 1.165) is 25.2 Å². The van der Waals surface area contributed by atoms with E-state index in [1.165, 1.54) is 6.42 Å². The molecule has 1 unspecified atom stereocenters. The van der Waals surface area contributed by atoms with Gasteiger partial charge in [0.1, 0.15) is 5.76 Å². The summed E-state index contributed by atoms with van der Waals surface area (Å²) in [6, 6.07) is 0. The van der Waals surface area contributed by atoms with Crippen LogP contribution in [-0.2, 0) is 9.47 Å². The second kappa shape index (κ2) is 4.78. The van der Waals surface area contributed by atoms with E-state index >= 15 is 0 Å². The summed E-state index contributed by atoms with van der Waals surface area (Å²) in [5.74, 6) is 0.872. The number of hydrogen-bond acceptors (Lipinski definition) is 2. The molecule has 11 heavy (non-hydrogen) atoms. The fraction of sp³-hybridized carbons (Fsp3) is 0.750. The number of rotatable bonds is 2. The minimum atomic E-state index is -0.0162. The Labute approximate surface area is 75.7 Å². The molecule has 1 aliphatic heterocycles. The second-order valence-corrected chi connectivity index (χ2v) is 3.09. The maximum atomic E-state index is 5.43. The molecular weight excluding hydrogens is 208 g/mol. The molecule has 1 heterocycles. The highest BCUT2D eigenvalue weighted by Gasteiger charge is 2.14. The SMILES string of the molecule is CC(=CBr)OC1CCCCO1. The molecule has 0 aliphatic carbocycles. The van der Waals surface area contributed by atoms with Crippen LogP contribution < -0.4 is 0 Å². The van der Waals surface area contributed by atoms with E-state index in [-0.39, 0.29) is 6.29 Å². The van der Waals surface area contributed by atoms with Crippen LogP contribution in [0.25, 0.3) is 0 Å².